The Morgan fingerprint density at radius 2 is 1.30 bits per heavy atom. The Hall–Kier alpha value is -5.64. The van der Waals surface area contributed by atoms with Crippen LogP contribution in [0.1, 0.15) is 21.5 Å². The highest BCUT2D eigenvalue weighted by Gasteiger charge is 2.32. The molecule has 0 bridgehead atoms. The number of carbonyl (C=O) groups is 1. The van der Waals surface area contributed by atoms with Crippen LogP contribution >= 0.6 is 0 Å². The van der Waals surface area contributed by atoms with Crippen molar-refractivity contribution in [3.05, 3.63) is 172 Å². The third-order valence-corrected chi connectivity index (χ3v) is 9.57. The van der Waals surface area contributed by atoms with E-state index in [2.05, 4.69) is 5.32 Å². The highest BCUT2D eigenvalue weighted by molar-refractivity contribution is 7.89. The predicted octanol–water partition coefficient (Wildman–Crippen LogP) is 8.06. The smallest absolute Gasteiger partial charge is 0.289 e. The normalized spacial score (nSPS) is 11.4. The molecule has 6 aromatic carbocycles. The number of carbonyl (C=O) groups excluding carboxylic acids is 1. The molecule has 0 aliphatic carbocycles. The summed E-state index contributed by atoms with van der Waals surface area (Å²) in [6.45, 7) is -0.0556. The van der Waals surface area contributed by atoms with E-state index in [0.29, 0.717) is 16.8 Å². The van der Waals surface area contributed by atoms with Gasteiger partial charge in [-0.25, -0.2) is 8.42 Å². The number of hydrogen-bond acceptors (Lipinski definition) is 5. The van der Waals surface area contributed by atoms with E-state index in [4.69, 9.17) is 0 Å². The lowest BCUT2D eigenvalue weighted by Crippen LogP contribution is -2.31. The van der Waals surface area contributed by atoms with E-state index in [-0.39, 0.29) is 23.9 Å². The molecule has 228 valence electrons. The highest BCUT2D eigenvalue weighted by Crippen LogP contribution is 2.30. The number of amides is 1. The fourth-order valence-corrected chi connectivity index (χ4v) is 6.92. The van der Waals surface area contributed by atoms with Crippen LogP contribution in [0.2, 0.25) is 0 Å². The minimum absolute atomic E-state index is 0.00675. The van der Waals surface area contributed by atoms with Gasteiger partial charge in [-0.05, 0) is 63.4 Å². The Bertz CT molecular complexity index is 2130. The van der Waals surface area contributed by atoms with Crippen molar-refractivity contribution in [3.8, 4) is 11.1 Å². The lowest BCUT2D eigenvalue weighted by molar-refractivity contribution is -0.387. The van der Waals surface area contributed by atoms with Gasteiger partial charge < -0.3 is 5.32 Å². The molecule has 6 rings (SSSR count). The Morgan fingerprint density at radius 1 is 0.674 bits per heavy atom. The number of nitrogens with zero attached hydrogens (tertiary/aromatic N) is 2. The molecule has 0 spiro atoms. The van der Waals surface area contributed by atoms with E-state index in [1.807, 2.05) is 84.9 Å². The maximum atomic E-state index is 14.1. The first-order valence-electron chi connectivity index (χ1n) is 14.6. The summed E-state index contributed by atoms with van der Waals surface area (Å²) in [5.41, 5.74) is 4.03. The lowest BCUT2D eigenvalue weighted by atomic mass is 10.0. The molecule has 9 heteroatoms. The molecule has 1 amide bonds. The summed E-state index contributed by atoms with van der Waals surface area (Å²) in [5.74, 6) is -0.274. The van der Waals surface area contributed by atoms with Crippen molar-refractivity contribution >= 4 is 38.1 Å². The van der Waals surface area contributed by atoms with Crippen LogP contribution in [0.5, 0.6) is 0 Å². The zero-order chi connectivity index (χ0) is 32.1. The van der Waals surface area contributed by atoms with Crippen LogP contribution in [0.15, 0.2) is 150 Å². The van der Waals surface area contributed by atoms with Crippen molar-refractivity contribution in [2.45, 2.75) is 18.0 Å². The molecule has 0 unspecified atom stereocenters. The van der Waals surface area contributed by atoms with Gasteiger partial charge in [-0.3, -0.25) is 14.9 Å². The van der Waals surface area contributed by atoms with Crippen molar-refractivity contribution in [3.63, 3.8) is 0 Å². The molecule has 0 atom stereocenters. The van der Waals surface area contributed by atoms with Crippen molar-refractivity contribution < 1.29 is 18.1 Å². The molecule has 0 aliphatic rings. The second-order valence-corrected chi connectivity index (χ2v) is 12.6. The van der Waals surface area contributed by atoms with E-state index in [0.717, 1.165) is 27.5 Å². The van der Waals surface area contributed by atoms with Crippen LogP contribution in [0, 0.1) is 10.1 Å². The lowest BCUT2D eigenvalue weighted by Gasteiger charge is -2.23. The second-order valence-electron chi connectivity index (χ2n) is 10.7. The summed E-state index contributed by atoms with van der Waals surface area (Å²) < 4.78 is 29.4. The largest absolute Gasteiger partial charge is 0.322 e. The fraction of sp³-hybridized carbons (Fsp3) is 0.0541. The molecule has 0 heterocycles. The topological polar surface area (TPSA) is 110 Å². The molecule has 6 aromatic rings. The van der Waals surface area contributed by atoms with E-state index >= 15 is 0 Å². The number of anilines is 1. The van der Waals surface area contributed by atoms with Gasteiger partial charge in [0.2, 0.25) is 0 Å². The number of nitro benzene ring substituents is 1. The summed E-state index contributed by atoms with van der Waals surface area (Å²) >= 11 is 0. The van der Waals surface area contributed by atoms with Gasteiger partial charge in [-0.1, -0.05) is 109 Å². The minimum Gasteiger partial charge on any atom is -0.322 e. The van der Waals surface area contributed by atoms with Crippen LogP contribution in [0.3, 0.4) is 0 Å². The van der Waals surface area contributed by atoms with Gasteiger partial charge in [0.25, 0.3) is 21.6 Å². The van der Waals surface area contributed by atoms with Gasteiger partial charge >= 0.3 is 0 Å². The zero-order valence-corrected chi connectivity index (χ0v) is 25.4. The van der Waals surface area contributed by atoms with Gasteiger partial charge in [0, 0.05) is 30.4 Å². The number of nitrogens with one attached hydrogen (secondary N) is 1. The second kappa shape index (κ2) is 13.2. The standard InChI is InChI=1S/C37H29N3O5S/c41-37(31-21-19-29(20-22-31)28-9-2-1-3-10-28)38-33-23-17-27(18-24-33)25-39(26-32-13-8-12-30-11-4-5-14-34(30)32)46(44,45)36-16-7-6-15-35(36)40(42)43/h1-24H,25-26H2,(H,38,41). The Balaban J connectivity index is 1.25. The Morgan fingerprint density at radius 3 is 2.04 bits per heavy atom. The number of fused-ring (bicyclic) bond motifs is 1. The maximum absolute atomic E-state index is 14.1. The van der Waals surface area contributed by atoms with Gasteiger partial charge in [-0.2, -0.15) is 4.31 Å². The van der Waals surface area contributed by atoms with Crippen LogP contribution in [-0.4, -0.2) is 23.6 Å². The third kappa shape index (κ3) is 6.56. The van der Waals surface area contributed by atoms with Gasteiger partial charge in [0.05, 0.1) is 4.92 Å². The number of sulfonamides is 1. The Labute approximate surface area is 266 Å². The average Bonchev–Trinajstić information content (AvgIpc) is 3.09. The molecule has 1 N–H and O–H groups in total. The zero-order valence-electron chi connectivity index (χ0n) is 24.6. The van der Waals surface area contributed by atoms with E-state index < -0.39 is 20.6 Å². The minimum atomic E-state index is -4.31. The fourth-order valence-electron chi connectivity index (χ4n) is 5.36. The van der Waals surface area contributed by atoms with Gasteiger partial charge in [-0.15, -0.1) is 0 Å². The summed E-state index contributed by atoms with van der Waals surface area (Å²) in [4.78, 5) is 23.7. The van der Waals surface area contributed by atoms with Crippen molar-refractivity contribution in [2.75, 3.05) is 5.32 Å². The number of benzene rings is 6. The molecule has 46 heavy (non-hydrogen) atoms. The third-order valence-electron chi connectivity index (χ3n) is 7.73. The van der Waals surface area contributed by atoms with Crippen molar-refractivity contribution in [2.24, 2.45) is 0 Å². The number of hydrogen-bond donors (Lipinski definition) is 1. The van der Waals surface area contributed by atoms with Gasteiger partial charge in [0.15, 0.2) is 4.90 Å². The monoisotopic (exact) mass is 627 g/mol. The maximum Gasteiger partial charge on any atom is 0.289 e. The summed E-state index contributed by atoms with van der Waals surface area (Å²) in [6, 6.07) is 42.8. The molecular weight excluding hydrogens is 598 g/mol. The average molecular weight is 628 g/mol. The molecule has 0 saturated heterocycles. The molecule has 0 aliphatic heterocycles. The van der Waals surface area contributed by atoms with Crippen LogP contribution < -0.4 is 5.32 Å². The van der Waals surface area contributed by atoms with E-state index in [1.54, 1.807) is 36.4 Å². The first-order valence-corrected chi connectivity index (χ1v) is 16.0. The van der Waals surface area contributed by atoms with E-state index in [1.165, 1.54) is 28.6 Å². The van der Waals surface area contributed by atoms with Crippen LogP contribution in [0.4, 0.5) is 11.4 Å². The predicted molar refractivity (Wildman–Crippen MR) is 180 cm³/mol. The first kappa shape index (κ1) is 30.4. The molecule has 0 fully saturated rings. The SMILES string of the molecule is O=C(Nc1ccc(CN(Cc2cccc3ccccc23)S(=O)(=O)c2ccccc2[N+](=O)[O-])cc1)c1ccc(-c2ccccc2)cc1. The summed E-state index contributed by atoms with van der Waals surface area (Å²) in [5, 5.41) is 16.5. The quantitative estimate of drug-likeness (QED) is 0.122. The molecule has 0 aromatic heterocycles. The van der Waals surface area contributed by atoms with Crippen LogP contribution in [0.25, 0.3) is 21.9 Å². The summed E-state index contributed by atoms with van der Waals surface area (Å²) in [7, 11) is -4.31. The molecule has 0 radical (unpaired) electrons. The highest BCUT2D eigenvalue weighted by atomic mass is 32.2. The molecule has 8 nitrogen and oxygen atoms in total. The Kier molecular flexibility index (Phi) is 8.69. The van der Waals surface area contributed by atoms with Crippen molar-refractivity contribution in [1.29, 1.82) is 0 Å². The number of para-hydroxylation sites is 1. The van der Waals surface area contributed by atoms with Crippen molar-refractivity contribution in [1.82, 2.24) is 4.31 Å². The number of rotatable bonds is 10. The van der Waals surface area contributed by atoms with Crippen LogP contribution in [-0.2, 0) is 23.1 Å². The first-order chi connectivity index (χ1) is 22.3. The number of nitro groups is 1. The van der Waals surface area contributed by atoms with E-state index in [9.17, 15) is 23.3 Å². The molecule has 0 saturated carbocycles. The summed E-state index contributed by atoms with van der Waals surface area (Å²) in [6.07, 6.45) is 0. The molecular formula is C37H29N3O5S. The van der Waals surface area contributed by atoms with Gasteiger partial charge in [0.1, 0.15) is 0 Å².